The van der Waals surface area contributed by atoms with E-state index in [0.29, 0.717) is 0 Å². The van der Waals surface area contributed by atoms with Crippen LogP contribution in [0.1, 0.15) is 75.2 Å². The Labute approximate surface area is 140 Å². The molecule has 0 aromatic rings. The Morgan fingerprint density at radius 1 is 1.17 bits per heavy atom. The van der Waals surface area contributed by atoms with Gasteiger partial charge < -0.3 is 5.11 Å². The van der Waals surface area contributed by atoms with Crippen molar-refractivity contribution in [2.75, 3.05) is 0 Å². The van der Waals surface area contributed by atoms with E-state index >= 15 is 0 Å². The SMILES string of the molecule is CC(C)C(=O)N1O[C@@](C)(CC(=O)C(C)(C)C)C[C@@]1(O)C(C)(C)C. The van der Waals surface area contributed by atoms with Crippen LogP contribution < -0.4 is 0 Å². The molecule has 5 heteroatoms. The molecular weight excluding hydrogens is 294 g/mol. The molecule has 5 nitrogen and oxygen atoms in total. The normalized spacial score (nSPS) is 29.3. The van der Waals surface area contributed by atoms with Gasteiger partial charge in [-0.15, -0.1) is 0 Å². The van der Waals surface area contributed by atoms with Gasteiger partial charge in [0.1, 0.15) is 11.4 Å². The first-order valence-corrected chi connectivity index (χ1v) is 8.32. The van der Waals surface area contributed by atoms with Gasteiger partial charge in [-0.3, -0.25) is 14.4 Å². The van der Waals surface area contributed by atoms with Crippen molar-refractivity contribution in [2.45, 2.75) is 86.5 Å². The third kappa shape index (κ3) is 3.94. The number of amides is 1. The standard InChI is InChI=1S/C18H33NO4/c1-12(2)14(21)19-18(22,16(6,7)8)11-17(9,23-19)10-13(20)15(3,4)5/h12,22H,10-11H2,1-9H3/t17-,18+/m0/s1. The molecule has 1 fully saturated rings. The summed E-state index contributed by atoms with van der Waals surface area (Å²) < 4.78 is 0. The highest BCUT2D eigenvalue weighted by atomic mass is 16.7. The van der Waals surface area contributed by atoms with Gasteiger partial charge in [-0.25, -0.2) is 0 Å². The zero-order valence-electron chi connectivity index (χ0n) is 16.1. The quantitative estimate of drug-likeness (QED) is 0.863. The van der Waals surface area contributed by atoms with Gasteiger partial charge in [0.25, 0.3) is 5.91 Å². The molecule has 1 amide bonds. The van der Waals surface area contributed by atoms with Gasteiger partial charge in [0.2, 0.25) is 0 Å². The lowest BCUT2D eigenvalue weighted by Crippen LogP contribution is -2.56. The highest BCUT2D eigenvalue weighted by molar-refractivity contribution is 5.84. The Hall–Kier alpha value is -0.940. The van der Waals surface area contributed by atoms with E-state index in [-0.39, 0.29) is 30.4 Å². The lowest BCUT2D eigenvalue weighted by Gasteiger charge is -2.41. The number of Topliss-reactive ketones (excluding diaryl/α,β-unsaturated/α-hetero) is 1. The number of hydroxylamine groups is 2. The zero-order valence-corrected chi connectivity index (χ0v) is 16.1. The first kappa shape index (κ1) is 20.1. The lowest BCUT2D eigenvalue weighted by molar-refractivity contribution is -0.278. The molecule has 0 unspecified atom stereocenters. The molecule has 0 spiro atoms. The van der Waals surface area contributed by atoms with Crippen molar-refractivity contribution in [1.29, 1.82) is 0 Å². The number of nitrogens with zero attached hydrogens (tertiary/aromatic N) is 1. The summed E-state index contributed by atoms with van der Waals surface area (Å²) in [5.41, 5.74) is -3.42. The second-order valence-corrected chi connectivity index (χ2v) is 9.42. The summed E-state index contributed by atoms with van der Waals surface area (Å²) in [4.78, 5) is 30.9. The third-order valence-electron chi connectivity index (χ3n) is 4.53. The summed E-state index contributed by atoms with van der Waals surface area (Å²) >= 11 is 0. The fraction of sp³-hybridized carbons (Fsp3) is 0.889. The first-order valence-electron chi connectivity index (χ1n) is 8.32. The molecule has 1 heterocycles. The maximum absolute atomic E-state index is 12.5. The van der Waals surface area contributed by atoms with Crippen molar-refractivity contribution in [1.82, 2.24) is 5.06 Å². The van der Waals surface area contributed by atoms with E-state index < -0.39 is 22.2 Å². The average molecular weight is 327 g/mol. The van der Waals surface area contributed by atoms with Gasteiger partial charge in [-0.05, 0) is 6.92 Å². The molecule has 23 heavy (non-hydrogen) atoms. The summed E-state index contributed by atoms with van der Waals surface area (Å²) in [6.45, 7) is 16.5. The van der Waals surface area contributed by atoms with Crippen LogP contribution in [0.4, 0.5) is 0 Å². The molecule has 1 aliphatic heterocycles. The first-order chi connectivity index (χ1) is 10.0. The summed E-state index contributed by atoms with van der Waals surface area (Å²) in [5, 5.41) is 12.3. The van der Waals surface area contributed by atoms with Crippen molar-refractivity contribution in [2.24, 2.45) is 16.7 Å². The van der Waals surface area contributed by atoms with Crippen LogP contribution >= 0.6 is 0 Å². The molecule has 1 N–H and O–H groups in total. The van der Waals surface area contributed by atoms with Crippen molar-refractivity contribution in [3.05, 3.63) is 0 Å². The van der Waals surface area contributed by atoms with E-state index in [2.05, 4.69) is 0 Å². The van der Waals surface area contributed by atoms with E-state index in [1.54, 1.807) is 20.8 Å². The van der Waals surface area contributed by atoms with Crippen LogP contribution in [0, 0.1) is 16.7 Å². The van der Waals surface area contributed by atoms with Crippen LogP contribution in [0.15, 0.2) is 0 Å². The minimum atomic E-state index is -1.44. The summed E-state index contributed by atoms with van der Waals surface area (Å²) in [5.74, 6) is -0.519. The van der Waals surface area contributed by atoms with E-state index in [0.717, 1.165) is 5.06 Å². The van der Waals surface area contributed by atoms with Crippen molar-refractivity contribution in [3.8, 4) is 0 Å². The Morgan fingerprint density at radius 3 is 2.00 bits per heavy atom. The molecule has 0 bridgehead atoms. The van der Waals surface area contributed by atoms with Gasteiger partial charge in [0.15, 0.2) is 5.72 Å². The van der Waals surface area contributed by atoms with Crippen LogP contribution in [0.3, 0.4) is 0 Å². The van der Waals surface area contributed by atoms with Crippen molar-refractivity contribution >= 4 is 11.7 Å². The number of carbonyl (C=O) groups excluding carboxylic acids is 2. The smallest absolute Gasteiger partial charge is 0.251 e. The maximum atomic E-state index is 12.5. The van der Waals surface area contributed by atoms with Crippen LogP contribution in [0.25, 0.3) is 0 Å². The second kappa shape index (κ2) is 5.85. The fourth-order valence-corrected chi connectivity index (χ4v) is 2.65. The molecule has 134 valence electrons. The number of aliphatic hydroxyl groups is 1. The molecule has 1 rings (SSSR count). The Kier molecular flexibility index (Phi) is 5.11. The predicted molar refractivity (Wildman–Crippen MR) is 89.3 cm³/mol. The van der Waals surface area contributed by atoms with E-state index in [1.165, 1.54) is 0 Å². The monoisotopic (exact) mass is 327 g/mol. The number of hydrogen-bond donors (Lipinski definition) is 1. The van der Waals surface area contributed by atoms with Crippen LogP contribution in [0.5, 0.6) is 0 Å². The Balaban J connectivity index is 3.19. The highest BCUT2D eigenvalue weighted by Gasteiger charge is 2.60. The van der Waals surface area contributed by atoms with Gasteiger partial charge in [-0.1, -0.05) is 55.4 Å². The third-order valence-corrected chi connectivity index (χ3v) is 4.53. The molecule has 0 aromatic heterocycles. The van der Waals surface area contributed by atoms with Gasteiger partial charge >= 0.3 is 0 Å². The summed E-state index contributed by atoms with van der Waals surface area (Å²) in [6.07, 6.45) is 0.376. The highest BCUT2D eigenvalue weighted by Crippen LogP contribution is 2.49. The van der Waals surface area contributed by atoms with Crippen LogP contribution in [0.2, 0.25) is 0 Å². The topological polar surface area (TPSA) is 66.8 Å². The molecular formula is C18H33NO4. The lowest BCUT2D eigenvalue weighted by atomic mass is 9.75. The number of rotatable bonds is 3. The van der Waals surface area contributed by atoms with Crippen molar-refractivity contribution in [3.63, 3.8) is 0 Å². The van der Waals surface area contributed by atoms with Gasteiger partial charge in [0.05, 0.1) is 0 Å². The van der Waals surface area contributed by atoms with Gasteiger partial charge in [-0.2, -0.15) is 5.06 Å². The molecule has 2 atom stereocenters. The number of carbonyl (C=O) groups is 2. The molecule has 0 aliphatic carbocycles. The van der Waals surface area contributed by atoms with E-state index in [4.69, 9.17) is 4.84 Å². The molecule has 0 saturated carbocycles. The van der Waals surface area contributed by atoms with Crippen molar-refractivity contribution < 1.29 is 19.5 Å². The predicted octanol–water partition coefficient (Wildman–Crippen LogP) is 3.31. The number of hydrogen-bond acceptors (Lipinski definition) is 4. The van der Waals surface area contributed by atoms with Gasteiger partial charge in [0, 0.05) is 29.6 Å². The Bertz CT molecular complexity index is 486. The largest absolute Gasteiger partial charge is 0.368 e. The second-order valence-electron chi connectivity index (χ2n) is 9.42. The average Bonchev–Trinajstić information content (AvgIpc) is 2.59. The van der Waals surface area contributed by atoms with Crippen LogP contribution in [-0.4, -0.2) is 33.2 Å². The van der Waals surface area contributed by atoms with Crippen LogP contribution in [-0.2, 0) is 14.4 Å². The fourth-order valence-electron chi connectivity index (χ4n) is 2.65. The molecule has 1 saturated heterocycles. The minimum Gasteiger partial charge on any atom is -0.368 e. The maximum Gasteiger partial charge on any atom is 0.251 e. The minimum absolute atomic E-state index is 0.0510. The van der Waals surface area contributed by atoms with E-state index in [9.17, 15) is 14.7 Å². The zero-order chi connectivity index (χ0) is 18.4. The molecule has 0 aromatic carbocycles. The summed E-state index contributed by atoms with van der Waals surface area (Å²) in [7, 11) is 0. The number of ketones is 1. The van der Waals surface area contributed by atoms with E-state index in [1.807, 2.05) is 41.5 Å². The summed E-state index contributed by atoms with van der Waals surface area (Å²) in [6, 6.07) is 0. The Morgan fingerprint density at radius 2 is 1.65 bits per heavy atom. The molecule has 1 aliphatic rings. The molecule has 0 radical (unpaired) electrons.